The van der Waals surface area contributed by atoms with E-state index in [9.17, 15) is 9.59 Å². The first kappa shape index (κ1) is 19.6. The van der Waals surface area contributed by atoms with Crippen LogP contribution in [0.2, 0.25) is 0 Å². The third-order valence-corrected chi connectivity index (χ3v) is 6.66. The van der Waals surface area contributed by atoms with Crippen molar-refractivity contribution in [2.75, 3.05) is 17.7 Å². The van der Waals surface area contributed by atoms with E-state index in [1.165, 1.54) is 34.4 Å². The second kappa shape index (κ2) is 8.28. The highest BCUT2D eigenvalue weighted by molar-refractivity contribution is 8.01. The Bertz CT molecular complexity index is 1010. The van der Waals surface area contributed by atoms with Crippen LogP contribution in [0.3, 0.4) is 0 Å². The van der Waals surface area contributed by atoms with Crippen molar-refractivity contribution in [3.63, 3.8) is 0 Å². The normalized spacial score (nSPS) is 11.0. The minimum Gasteiger partial charge on any atom is -0.465 e. The smallest absolute Gasteiger partial charge is 0.316 e. The zero-order chi connectivity index (χ0) is 19.6. The molecule has 0 aliphatic rings. The van der Waals surface area contributed by atoms with E-state index >= 15 is 0 Å². The summed E-state index contributed by atoms with van der Waals surface area (Å²) in [6.45, 7) is 7.73. The Balaban J connectivity index is 1.73. The lowest BCUT2D eigenvalue weighted by Crippen LogP contribution is -2.11. The number of ether oxygens (including phenoxy) is 1. The molecule has 27 heavy (non-hydrogen) atoms. The molecule has 0 saturated heterocycles. The monoisotopic (exact) mass is 423 g/mol. The van der Waals surface area contributed by atoms with Gasteiger partial charge in [-0.25, -0.2) is 9.97 Å². The maximum Gasteiger partial charge on any atom is 0.316 e. The van der Waals surface area contributed by atoms with Crippen LogP contribution in [0.1, 0.15) is 33.7 Å². The Morgan fingerprint density at radius 1 is 1.15 bits per heavy atom. The molecule has 142 valence electrons. The first-order valence-corrected chi connectivity index (χ1v) is 10.7. The van der Waals surface area contributed by atoms with Crippen LogP contribution < -0.4 is 5.32 Å². The van der Waals surface area contributed by atoms with Gasteiger partial charge in [0, 0.05) is 11.1 Å². The van der Waals surface area contributed by atoms with Gasteiger partial charge in [-0.15, -0.1) is 21.5 Å². The SMILES string of the molecule is CCOC(=O)CSc1nnc(NC(=O)c2sc3nc(C)nc(C)c3c2C)s1. The Morgan fingerprint density at radius 3 is 2.67 bits per heavy atom. The highest BCUT2D eigenvalue weighted by Gasteiger charge is 2.20. The van der Waals surface area contributed by atoms with Gasteiger partial charge >= 0.3 is 5.97 Å². The van der Waals surface area contributed by atoms with Gasteiger partial charge in [0.2, 0.25) is 5.13 Å². The van der Waals surface area contributed by atoms with Gasteiger partial charge in [-0.2, -0.15) is 0 Å². The van der Waals surface area contributed by atoms with Crippen molar-refractivity contribution in [3.05, 3.63) is 22.0 Å². The number of nitrogens with zero attached hydrogens (tertiary/aromatic N) is 4. The summed E-state index contributed by atoms with van der Waals surface area (Å²) in [4.78, 5) is 34.2. The van der Waals surface area contributed by atoms with E-state index in [0.29, 0.717) is 26.8 Å². The third kappa shape index (κ3) is 4.42. The maximum atomic E-state index is 12.7. The first-order valence-electron chi connectivity index (χ1n) is 8.06. The average molecular weight is 424 g/mol. The van der Waals surface area contributed by atoms with Gasteiger partial charge in [-0.1, -0.05) is 23.1 Å². The lowest BCUT2D eigenvalue weighted by Gasteiger charge is -2.00. The van der Waals surface area contributed by atoms with Gasteiger partial charge in [0.15, 0.2) is 4.34 Å². The molecular formula is C16H17N5O3S3. The van der Waals surface area contributed by atoms with Gasteiger partial charge < -0.3 is 4.74 Å². The van der Waals surface area contributed by atoms with E-state index in [2.05, 4.69) is 25.5 Å². The summed E-state index contributed by atoms with van der Waals surface area (Å²) in [7, 11) is 0. The van der Waals surface area contributed by atoms with Crippen molar-refractivity contribution in [3.8, 4) is 0 Å². The van der Waals surface area contributed by atoms with E-state index in [-0.39, 0.29) is 17.6 Å². The number of thioether (sulfide) groups is 1. The molecule has 8 nitrogen and oxygen atoms in total. The minimum atomic E-state index is -0.309. The fraction of sp³-hybridized carbons (Fsp3) is 0.375. The Kier molecular flexibility index (Phi) is 6.02. The van der Waals surface area contributed by atoms with Crippen LogP contribution in [-0.2, 0) is 9.53 Å². The predicted molar refractivity (Wildman–Crippen MR) is 107 cm³/mol. The molecule has 1 amide bonds. The molecule has 0 saturated carbocycles. The molecule has 3 aromatic heterocycles. The summed E-state index contributed by atoms with van der Waals surface area (Å²) >= 11 is 3.77. The number of anilines is 1. The number of hydrogen-bond donors (Lipinski definition) is 1. The highest BCUT2D eigenvalue weighted by Crippen LogP contribution is 2.32. The summed E-state index contributed by atoms with van der Waals surface area (Å²) in [5, 5.41) is 12.0. The topological polar surface area (TPSA) is 107 Å². The number of amides is 1. The number of fused-ring (bicyclic) bond motifs is 1. The van der Waals surface area contributed by atoms with Gasteiger partial charge in [0.05, 0.1) is 17.2 Å². The summed E-state index contributed by atoms with van der Waals surface area (Å²) in [5.74, 6) is 0.269. The van der Waals surface area contributed by atoms with Crippen molar-refractivity contribution in [1.29, 1.82) is 0 Å². The summed E-state index contributed by atoms with van der Waals surface area (Å²) in [5.41, 5.74) is 1.71. The molecule has 0 radical (unpaired) electrons. The molecule has 0 bridgehead atoms. The summed E-state index contributed by atoms with van der Waals surface area (Å²) in [6, 6.07) is 0. The molecule has 0 aromatic carbocycles. The fourth-order valence-electron chi connectivity index (χ4n) is 2.49. The number of aromatic nitrogens is 4. The summed E-state index contributed by atoms with van der Waals surface area (Å²) < 4.78 is 5.46. The largest absolute Gasteiger partial charge is 0.465 e. The van der Waals surface area contributed by atoms with E-state index in [1.807, 2.05) is 20.8 Å². The molecular weight excluding hydrogens is 406 g/mol. The first-order chi connectivity index (χ1) is 12.9. The molecule has 0 aliphatic carbocycles. The Hall–Kier alpha value is -2.11. The lowest BCUT2D eigenvalue weighted by molar-refractivity contribution is -0.139. The van der Waals surface area contributed by atoms with Crippen LogP contribution in [0.4, 0.5) is 5.13 Å². The van der Waals surface area contributed by atoms with E-state index < -0.39 is 0 Å². The molecule has 0 unspecified atom stereocenters. The van der Waals surface area contributed by atoms with Crippen LogP contribution in [0.25, 0.3) is 10.2 Å². The molecule has 3 rings (SSSR count). The molecule has 0 spiro atoms. The quantitative estimate of drug-likeness (QED) is 0.365. The number of nitrogens with one attached hydrogen (secondary N) is 1. The van der Waals surface area contributed by atoms with Gasteiger partial charge in [0.25, 0.3) is 5.91 Å². The summed E-state index contributed by atoms with van der Waals surface area (Å²) in [6.07, 6.45) is 0. The second-order valence-electron chi connectivity index (χ2n) is 5.51. The van der Waals surface area contributed by atoms with E-state index in [1.54, 1.807) is 6.92 Å². The zero-order valence-corrected chi connectivity index (χ0v) is 17.6. The molecule has 0 fully saturated rings. The van der Waals surface area contributed by atoms with Crippen molar-refractivity contribution in [1.82, 2.24) is 20.2 Å². The van der Waals surface area contributed by atoms with Crippen LogP contribution in [-0.4, -0.2) is 44.4 Å². The number of hydrogen-bond acceptors (Lipinski definition) is 10. The standard InChI is InChI=1S/C16H17N5O3S3/c1-5-24-10(22)6-25-16-21-20-15(27-16)19-13(23)12-7(2)11-8(3)17-9(4)18-14(11)26-12/h5-6H2,1-4H3,(H,19,20,23). The molecule has 0 atom stereocenters. The predicted octanol–water partition coefficient (Wildman–Crippen LogP) is 3.38. The van der Waals surface area contributed by atoms with Gasteiger partial charge in [-0.3, -0.25) is 14.9 Å². The maximum absolute atomic E-state index is 12.7. The number of rotatable bonds is 6. The fourth-order valence-corrected chi connectivity index (χ4v) is 5.20. The minimum absolute atomic E-state index is 0.156. The van der Waals surface area contributed by atoms with Gasteiger partial charge in [-0.05, 0) is 33.3 Å². The van der Waals surface area contributed by atoms with Crippen LogP contribution in [0.5, 0.6) is 0 Å². The second-order valence-corrected chi connectivity index (χ2v) is 8.71. The number of carbonyl (C=O) groups is 2. The third-order valence-electron chi connectivity index (χ3n) is 3.53. The van der Waals surface area contributed by atoms with E-state index in [0.717, 1.165) is 21.5 Å². The Morgan fingerprint density at radius 2 is 1.93 bits per heavy atom. The number of thiophene rings is 1. The average Bonchev–Trinajstić information content (AvgIpc) is 3.17. The lowest BCUT2D eigenvalue weighted by atomic mass is 10.1. The van der Waals surface area contributed by atoms with Crippen LogP contribution in [0, 0.1) is 20.8 Å². The van der Waals surface area contributed by atoms with Crippen LogP contribution >= 0.6 is 34.4 Å². The van der Waals surface area contributed by atoms with Gasteiger partial charge in [0.1, 0.15) is 10.7 Å². The number of esters is 1. The molecule has 0 aliphatic heterocycles. The Labute approximate surface area is 167 Å². The molecule has 3 heterocycles. The van der Waals surface area contributed by atoms with Crippen molar-refractivity contribution in [2.24, 2.45) is 0 Å². The van der Waals surface area contributed by atoms with Crippen molar-refractivity contribution in [2.45, 2.75) is 32.0 Å². The van der Waals surface area contributed by atoms with Crippen LogP contribution in [0.15, 0.2) is 4.34 Å². The molecule has 3 aromatic rings. The number of aryl methyl sites for hydroxylation is 3. The molecule has 11 heteroatoms. The molecule has 1 N–H and O–H groups in total. The zero-order valence-electron chi connectivity index (χ0n) is 15.2. The van der Waals surface area contributed by atoms with Crippen molar-refractivity contribution < 1.29 is 14.3 Å². The van der Waals surface area contributed by atoms with Crippen molar-refractivity contribution >= 4 is 61.7 Å². The number of carbonyl (C=O) groups excluding carboxylic acids is 2. The highest BCUT2D eigenvalue weighted by atomic mass is 32.2. The van der Waals surface area contributed by atoms with E-state index in [4.69, 9.17) is 4.74 Å².